The van der Waals surface area contributed by atoms with Crippen LogP contribution in [0.1, 0.15) is 0 Å². The van der Waals surface area contributed by atoms with Crippen LogP contribution in [0.15, 0.2) is 41.3 Å². The summed E-state index contributed by atoms with van der Waals surface area (Å²) in [7, 11) is 0. The first-order valence-electron chi connectivity index (χ1n) is 3.90. The molecule has 1 rings (SSSR count). The minimum absolute atomic E-state index is 0.184. The molecule has 0 radical (unpaired) electrons. The van der Waals surface area contributed by atoms with Crippen LogP contribution in [0.4, 0.5) is 4.39 Å². The second-order valence-corrected chi connectivity index (χ2v) is 3.41. The van der Waals surface area contributed by atoms with E-state index in [0.717, 1.165) is 4.90 Å². The molecule has 0 spiro atoms. The molecule has 0 fully saturated rings. The predicted molar refractivity (Wildman–Crippen MR) is 53.2 cm³/mol. The van der Waals surface area contributed by atoms with E-state index in [0.29, 0.717) is 5.75 Å². The van der Waals surface area contributed by atoms with Gasteiger partial charge in [0.15, 0.2) is 0 Å². The van der Waals surface area contributed by atoms with Crippen molar-refractivity contribution in [3.05, 3.63) is 36.4 Å². The lowest BCUT2D eigenvalue weighted by molar-refractivity contribution is 0.640. The Hall–Kier alpha value is -0.870. The number of halogens is 1. The smallest absolute Gasteiger partial charge is 0.107 e. The molecule has 1 heterocycles. The van der Waals surface area contributed by atoms with Crippen LogP contribution >= 0.6 is 11.8 Å². The van der Waals surface area contributed by atoms with Gasteiger partial charge < -0.3 is 5.73 Å². The first kappa shape index (κ1) is 10.2. The lowest BCUT2D eigenvalue weighted by Crippen LogP contribution is -1.95. The largest absolute Gasteiger partial charge is 0.327 e. The Morgan fingerprint density at radius 2 is 2.54 bits per heavy atom. The van der Waals surface area contributed by atoms with E-state index in [9.17, 15) is 4.39 Å². The van der Waals surface area contributed by atoms with Gasteiger partial charge in [-0.1, -0.05) is 0 Å². The fourth-order valence-corrected chi connectivity index (χ4v) is 1.50. The molecule has 0 aromatic carbocycles. The molecule has 0 saturated heterocycles. The summed E-state index contributed by atoms with van der Waals surface area (Å²) in [6, 6.07) is 3.72. The molecule has 4 heteroatoms. The molecular weight excluding hydrogens is 187 g/mol. The van der Waals surface area contributed by atoms with Crippen molar-refractivity contribution in [1.29, 1.82) is 0 Å². The third-order valence-electron chi connectivity index (χ3n) is 1.35. The number of aromatic nitrogens is 1. The van der Waals surface area contributed by atoms with E-state index in [1.807, 2.05) is 12.1 Å². The van der Waals surface area contributed by atoms with E-state index in [2.05, 4.69) is 4.98 Å². The first-order chi connectivity index (χ1) is 6.33. The highest BCUT2D eigenvalue weighted by molar-refractivity contribution is 7.99. The van der Waals surface area contributed by atoms with E-state index in [-0.39, 0.29) is 12.4 Å². The molecule has 0 saturated carbocycles. The van der Waals surface area contributed by atoms with E-state index in [1.54, 1.807) is 12.4 Å². The SMILES string of the molecule is NC/C=C(\F)CSc1cccnc1. The van der Waals surface area contributed by atoms with Crippen LogP contribution in [-0.4, -0.2) is 17.3 Å². The van der Waals surface area contributed by atoms with Gasteiger partial charge in [-0.3, -0.25) is 4.98 Å². The molecule has 70 valence electrons. The number of nitrogens with two attached hydrogens (primary N) is 1. The highest BCUT2D eigenvalue weighted by Gasteiger charge is 1.96. The van der Waals surface area contributed by atoms with Crippen molar-refractivity contribution in [2.75, 3.05) is 12.3 Å². The first-order valence-corrected chi connectivity index (χ1v) is 4.89. The van der Waals surface area contributed by atoms with Gasteiger partial charge in [-0.25, -0.2) is 4.39 Å². The maximum Gasteiger partial charge on any atom is 0.107 e. The van der Waals surface area contributed by atoms with Gasteiger partial charge in [0.2, 0.25) is 0 Å². The van der Waals surface area contributed by atoms with E-state index in [4.69, 9.17) is 5.73 Å². The van der Waals surface area contributed by atoms with Crippen molar-refractivity contribution in [2.24, 2.45) is 5.73 Å². The van der Waals surface area contributed by atoms with Gasteiger partial charge in [0.25, 0.3) is 0 Å². The van der Waals surface area contributed by atoms with Gasteiger partial charge >= 0.3 is 0 Å². The van der Waals surface area contributed by atoms with Gasteiger partial charge in [-0.05, 0) is 18.2 Å². The van der Waals surface area contributed by atoms with Crippen LogP contribution in [0.25, 0.3) is 0 Å². The third-order valence-corrected chi connectivity index (χ3v) is 2.35. The predicted octanol–water partition coefficient (Wildman–Crippen LogP) is 1.99. The van der Waals surface area contributed by atoms with Crippen LogP contribution in [0.2, 0.25) is 0 Å². The van der Waals surface area contributed by atoms with Gasteiger partial charge in [-0.2, -0.15) is 0 Å². The van der Waals surface area contributed by atoms with Gasteiger partial charge in [0.1, 0.15) is 5.83 Å². The third kappa shape index (κ3) is 4.05. The summed E-state index contributed by atoms with van der Waals surface area (Å²) < 4.78 is 12.8. The Bertz CT molecular complexity index is 274. The van der Waals surface area contributed by atoms with Crippen molar-refractivity contribution < 1.29 is 4.39 Å². The van der Waals surface area contributed by atoms with Crippen LogP contribution in [0.5, 0.6) is 0 Å². The second-order valence-electron chi connectivity index (χ2n) is 2.36. The molecule has 1 aromatic rings. The van der Waals surface area contributed by atoms with Crippen LogP contribution < -0.4 is 5.73 Å². The molecule has 1 aromatic heterocycles. The molecule has 2 N–H and O–H groups in total. The molecule has 13 heavy (non-hydrogen) atoms. The normalized spacial score (nSPS) is 11.7. The van der Waals surface area contributed by atoms with E-state index < -0.39 is 0 Å². The van der Waals surface area contributed by atoms with Crippen molar-refractivity contribution in [2.45, 2.75) is 4.90 Å². The van der Waals surface area contributed by atoms with E-state index >= 15 is 0 Å². The Kier molecular flexibility index (Phi) is 4.49. The zero-order valence-corrected chi connectivity index (χ0v) is 7.93. The minimum atomic E-state index is -0.184. The van der Waals surface area contributed by atoms with Crippen LogP contribution in [-0.2, 0) is 0 Å². The van der Waals surface area contributed by atoms with Crippen molar-refractivity contribution >= 4 is 11.8 Å². The highest BCUT2D eigenvalue weighted by atomic mass is 32.2. The summed E-state index contributed by atoms with van der Waals surface area (Å²) >= 11 is 1.41. The highest BCUT2D eigenvalue weighted by Crippen LogP contribution is 2.19. The number of nitrogens with zero attached hydrogens (tertiary/aromatic N) is 1. The summed E-state index contributed by atoms with van der Waals surface area (Å²) in [4.78, 5) is 4.88. The average molecular weight is 198 g/mol. The minimum Gasteiger partial charge on any atom is -0.327 e. The summed E-state index contributed by atoms with van der Waals surface area (Å²) in [6.45, 7) is 0.249. The summed E-state index contributed by atoms with van der Waals surface area (Å²) in [5.41, 5.74) is 5.16. The molecule has 2 nitrogen and oxygen atoms in total. The fourth-order valence-electron chi connectivity index (χ4n) is 0.772. The van der Waals surface area contributed by atoms with Crippen molar-refractivity contribution in [3.8, 4) is 0 Å². The second kappa shape index (κ2) is 5.72. The molecule has 0 aliphatic carbocycles. The van der Waals surface area contributed by atoms with Crippen LogP contribution in [0, 0.1) is 0 Å². The Morgan fingerprint density at radius 3 is 3.15 bits per heavy atom. The topological polar surface area (TPSA) is 38.9 Å². The summed E-state index contributed by atoms with van der Waals surface area (Å²) in [5.74, 6) is 0.138. The standard InChI is InChI=1S/C9H11FN2S/c10-8(3-4-11)7-13-9-2-1-5-12-6-9/h1-3,5-6H,4,7,11H2/b8-3-. The lowest BCUT2D eigenvalue weighted by atomic mass is 10.5. The monoisotopic (exact) mass is 198 g/mol. The Labute approximate surface area is 81.0 Å². The Morgan fingerprint density at radius 1 is 1.69 bits per heavy atom. The van der Waals surface area contributed by atoms with Crippen molar-refractivity contribution in [1.82, 2.24) is 4.98 Å². The maximum atomic E-state index is 12.8. The van der Waals surface area contributed by atoms with Crippen LogP contribution in [0.3, 0.4) is 0 Å². The van der Waals surface area contributed by atoms with Crippen molar-refractivity contribution in [3.63, 3.8) is 0 Å². The number of hydrogen-bond acceptors (Lipinski definition) is 3. The van der Waals surface area contributed by atoms with E-state index in [1.165, 1.54) is 17.8 Å². The molecule has 0 aliphatic heterocycles. The molecule has 0 amide bonds. The summed E-state index contributed by atoms with van der Waals surface area (Å²) in [6.07, 6.45) is 4.78. The number of pyridine rings is 1. The quantitative estimate of drug-likeness (QED) is 0.752. The van der Waals surface area contributed by atoms with Gasteiger partial charge in [0.05, 0.1) is 0 Å². The molecule has 0 atom stereocenters. The maximum absolute atomic E-state index is 12.8. The molecule has 0 bridgehead atoms. The Balaban J connectivity index is 2.39. The van der Waals surface area contributed by atoms with Gasteiger partial charge in [-0.15, -0.1) is 11.8 Å². The zero-order valence-electron chi connectivity index (χ0n) is 7.11. The number of rotatable bonds is 4. The fraction of sp³-hybridized carbons (Fsp3) is 0.222. The molecule has 0 unspecified atom stereocenters. The van der Waals surface area contributed by atoms with Gasteiger partial charge in [0, 0.05) is 29.6 Å². The average Bonchev–Trinajstić information content (AvgIpc) is 2.17. The lowest BCUT2D eigenvalue weighted by Gasteiger charge is -1.97. The number of hydrogen-bond donors (Lipinski definition) is 1. The zero-order chi connectivity index (χ0) is 9.52. The summed E-state index contributed by atoms with van der Waals surface area (Å²) in [5, 5.41) is 0. The molecule has 0 aliphatic rings. The number of thioether (sulfide) groups is 1. The molecular formula is C9H11FN2S.